The van der Waals surface area contributed by atoms with E-state index in [9.17, 15) is 5.11 Å². The Balaban J connectivity index is 0.000000466. The minimum absolute atomic E-state index is 0. The predicted molar refractivity (Wildman–Crippen MR) is 120 cm³/mol. The van der Waals surface area contributed by atoms with Gasteiger partial charge in [0.25, 0.3) is 0 Å². The molecule has 0 fully saturated rings. The normalized spacial score (nSPS) is 20.2. The fraction of sp³-hybridized carbons (Fsp3) is 0.300. The number of phosphoric acid groups is 2. The van der Waals surface area contributed by atoms with Gasteiger partial charge in [0, 0.05) is 17.2 Å². The summed E-state index contributed by atoms with van der Waals surface area (Å²) in [4.78, 5) is 43.1. The maximum absolute atomic E-state index is 9.66. The van der Waals surface area contributed by atoms with Crippen LogP contribution < -0.4 is 43.8 Å². The Labute approximate surface area is 224 Å². The van der Waals surface area contributed by atoms with Gasteiger partial charge >= 0.3 is 45.2 Å². The molecule has 3 aliphatic heterocycles. The number of phenols is 1. The second kappa shape index (κ2) is 10.9. The second-order valence-corrected chi connectivity index (χ2v) is 10.2. The zero-order valence-electron chi connectivity index (χ0n) is 20.0. The minimum Gasteiger partial charge on any atom is -1.00 e. The third-order valence-corrected chi connectivity index (χ3v) is 4.94. The van der Waals surface area contributed by atoms with Crippen molar-refractivity contribution in [3.05, 3.63) is 53.1 Å². The maximum atomic E-state index is 9.66. The molecule has 2 atom stereocenters. The van der Waals surface area contributed by atoms with Gasteiger partial charge in [0.2, 0.25) is 0 Å². The van der Waals surface area contributed by atoms with E-state index in [1.165, 1.54) is 0 Å². The smallest absolute Gasteiger partial charge is 1.00 e. The van der Waals surface area contributed by atoms with E-state index >= 15 is 0 Å². The molecule has 3 aliphatic rings. The van der Waals surface area contributed by atoms with Crippen LogP contribution >= 0.6 is 15.6 Å². The molecule has 7 N–H and O–H groups in total. The van der Waals surface area contributed by atoms with Gasteiger partial charge in [-0.05, 0) is 44.2 Å². The number of hydrogen-bond acceptors (Lipinski definition) is 6. The van der Waals surface area contributed by atoms with Gasteiger partial charge in [0.15, 0.2) is 0 Å². The molecule has 2 aromatic carbocycles. The predicted octanol–water partition coefficient (Wildman–Crippen LogP) is -0.555. The van der Waals surface area contributed by atoms with Gasteiger partial charge in [-0.2, -0.15) is 0 Å². The Hall–Kier alpha value is -1.40. The van der Waals surface area contributed by atoms with Crippen LogP contribution in [0.2, 0.25) is 0 Å². The molecule has 0 radical (unpaired) electrons. The SMILES string of the molecule is CC1(C)C=Cc2c(ccc3c2OC2c4ccc(O)cc4OCC32)O1.O=P(O)(O)O.O=P(O)(O)O.[H-].[Na+]. The zero-order valence-corrected chi connectivity index (χ0v) is 22.8. The molecule has 0 spiro atoms. The van der Waals surface area contributed by atoms with E-state index in [-0.39, 0.29) is 54.4 Å². The van der Waals surface area contributed by atoms with Crippen LogP contribution in [-0.4, -0.2) is 46.7 Å². The Morgan fingerprint density at radius 2 is 1.51 bits per heavy atom. The van der Waals surface area contributed by atoms with Crippen LogP contribution in [0.4, 0.5) is 0 Å². The van der Waals surface area contributed by atoms with Crippen molar-refractivity contribution in [3.8, 4) is 23.0 Å². The van der Waals surface area contributed by atoms with Gasteiger partial charge in [-0.3, -0.25) is 0 Å². The van der Waals surface area contributed by atoms with Crippen LogP contribution in [0.1, 0.15) is 44.0 Å². The number of benzene rings is 2. The molecule has 5 rings (SSSR count). The summed E-state index contributed by atoms with van der Waals surface area (Å²) in [7, 11) is -9.28. The molecule has 0 amide bonds. The van der Waals surface area contributed by atoms with Crippen molar-refractivity contribution in [2.75, 3.05) is 6.61 Å². The van der Waals surface area contributed by atoms with Crippen LogP contribution in [0, 0.1) is 0 Å². The summed E-state index contributed by atoms with van der Waals surface area (Å²) in [5.41, 5.74) is 2.84. The number of hydrogen-bond donors (Lipinski definition) is 7. The van der Waals surface area contributed by atoms with Crippen molar-refractivity contribution < 1.29 is 88.8 Å². The van der Waals surface area contributed by atoms with Crippen molar-refractivity contribution in [1.82, 2.24) is 0 Å². The molecular formula is C20H25NaO12P2. The van der Waals surface area contributed by atoms with E-state index in [2.05, 4.69) is 18.2 Å². The summed E-state index contributed by atoms with van der Waals surface area (Å²) in [5, 5.41) is 9.66. The fourth-order valence-electron chi connectivity index (χ4n) is 3.76. The molecule has 12 nitrogen and oxygen atoms in total. The minimum atomic E-state index is -4.64. The average Bonchev–Trinajstić information content (AvgIpc) is 3.03. The standard InChI is InChI=1S/C20H18O4.Na.2H3O4P.H/c1-20(2)8-7-14-16(24-20)6-5-12-15-10-22-17-9-11(21)3-4-13(17)19(15)23-18(12)14;;2*1-5(2,3)4;/h3-9,15,19,21H,10H2,1-2H3;;2*(H3,1,2,3,4);/q;+1;;;-1. The van der Waals surface area contributed by atoms with E-state index < -0.39 is 15.6 Å². The first kappa shape index (κ1) is 29.8. The molecule has 0 saturated carbocycles. The maximum Gasteiger partial charge on any atom is 1.00 e. The Bertz CT molecular complexity index is 1170. The van der Waals surface area contributed by atoms with Crippen LogP contribution in [0.3, 0.4) is 0 Å². The molecule has 0 aromatic heterocycles. The molecule has 188 valence electrons. The van der Waals surface area contributed by atoms with Gasteiger partial charge < -0.3 is 50.1 Å². The van der Waals surface area contributed by atoms with Crippen LogP contribution in [-0.2, 0) is 9.13 Å². The number of ether oxygens (including phenoxy) is 3. The molecule has 15 heteroatoms. The van der Waals surface area contributed by atoms with E-state index in [0.717, 1.165) is 28.2 Å². The van der Waals surface area contributed by atoms with Gasteiger partial charge in [-0.25, -0.2) is 9.13 Å². The fourth-order valence-corrected chi connectivity index (χ4v) is 3.76. The van der Waals surface area contributed by atoms with Crippen molar-refractivity contribution in [3.63, 3.8) is 0 Å². The first-order valence-corrected chi connectivity index (χ1v) is 12.9. The summed E-state index contributed by atoms with van der Waals surface area (Å²) in [6.45, 7) is 4.62. The average molecular weight is 542 g/mol. The topological polar surface area (TPSA) is 203 Å². The van der Waals surface area contributed by atoms with E-state index in [1.807, 2.05) is 26.0 Å². The van der Waals surface area contributed by atoms with Gasteiger partial charge in [0.05, 0.1) is 18.1 Å². The van der Waals surface area contributed by atoms with Crippen LogP contribution in [0.25, 0.3) is 6.08 Å². The summed E-state index contributed by atoms with van der Waals surface area (Å²) in [6, 6.07) is 9.33. The number of rotatable bonds is 0. The summed E-state index contributed by atoms with van der Waals surface area (Å²) >= 11 is 0. The molecule has 0 aliphatic carbocycles. The molecule has 2 unspecified atom stereocenters. The van der Waals surface area contributed by atoms with Crippen molar-refractivity contribution >= 4 is 21.7 Å². The van der Waals surface area contributed by atoms with Crippen molar-refractivity contribution in [2.24, 2.45) is 0 Å². The van der Waals surface area contributed by atoms with Gasteiger partial charge in [0.1, 0.15) is 34.7 Å². The Kier molecular flexibility index (Phi) is 9.31. The first-order valence-electron chi connectivity index (χ1n) is 9.76. The number of aromatic hydroxyl groups is 1. The molecule has 0 saturated heterocycles. The van der Waals surface area contributed by atoms with E-state index in [0.29, 0.717) is 12.4 Å². The van der Waals surface area contributed by atoms with E-state index in [1.54, 1.807) is 12.1 Å². The van der Waals surface area contributed by atoms with Gasteiger partial charge in [-0.15, -0.1) is 0 Å². The first-order chi connectivity index (χ1) is 15.5. The molecule has 0 bridgehead atoms. The molecule has 35 heavy (non-hydrogen) atoms. The van der Waals surface area contributed by atoms with Crippen LogP contribution in [0.15, 0.2) is 36.4 Å². The zero-order chi connectivity index (χ0) is 25.5. The summed E-state index contributed by atoms with van der Waals surface area (Å²) in [5.74, 6) is 2.81. The molecular weight excluding hydrogens is 517 g/mol. The second-order valence-electron chi connectivity index (χ2n) is 8.14. The van der Waals surface area contributed by atoms with Crippen LogP contribution in [0.5, 0.6) is 23.0 Å². The largest absolute Gasteiger partial charge is 1.00 e. The molecule has 2 aromatic rings. The Morgan fingerprint density at radius 3 is 2.11 bits per heavy atom. The number of fused-ring (bicyclic) bond motifs is 7. The van der Waals surface area contributed by atoms with Crippen molar-refractivity contribution in [1.29, 1.82) is 0 Å². The third kappa shape index (κ3) is 8.31. The van der Waals surface area contributed by atoms with E-state index in [4.69, 9.17) is 52.7 Å². The molecule has 3 heterocycles. The summed E-state index contributed by atoms with van der Waals surface area (Å²) < 4.78 is 36.0. The van der Waals surface area contributed by atoms with Crippen molar-refractivity contribution in [2.45, 2.75) is 31.5 Å². The quantitative estimate of drug-likeness (QED) is 0.166. The third-order valence-electron chi connectivity index (χ3n) is 4.94. The summed E-state index contributed by atoms with van der Waals surface area (Å²) in [6.07, 6.45) is 4.07. The van der Waals surface area contributed by atoms with Gasteiger partial charge in [-0.1, -0.05) is 6.07 Å². The Morgan fingerprint density at radius 1 is 0.943 bits per heavy atom. The number of phenolic OH excluding ortho intramolecular Hbond substituents is 1. The monoisotopic (exact) mass is 542 g/mol.